The summed E-state index contributed by atoms with van der Waals surface area (Å²) in [5.41, 5.74) is 3.16. The Balaban J connectivity index is 1.47. The number of hydrogen-bond donors (Lipinski definition) is 0. The van der Waals surface area contributed by atoms with Gasteiger partial charge in [0.15, 0.2) is 0 Å². The molecule has 23 heavy (non-hydrogen) atoms. The number of fused-ring (bicyclic) bond motifs is 1. The molecule has 0 aromatic heterocycles. The number of rotatable bonds is 3. The fourth-order valence-electron chi connectivity index (χ4n) is 7.15. The van der Waals surface area contributed by atoms with Crippen LogP contribution in [0.25, 0.3) is 0 Å². The van der Waals surface area contributed by atoms with E-state index in [9.17, 15) is 4.79 Å². The summed E-state index contributed by atoms with van der Waals surface area (Å²) in [5.74, 6) is 3.56. The summed E-state index contributed by atoms with van der Waals surface area (Å²) in [6.07, 6.45) is 11.3. The van der Waals surface area contributed by atoms with Crippen LogP contribution in [0.1, 0.15) is 63.4 Å². The molecule has 0 radical (unpaired) electrons. The third-order valence-electron chi connectivity index (χ3n) is 7.57. The van der Waals surface area contributed by atoms with E-state index < -0.39 is 0 Å². The molecule has 0 saturated heterocycles. The average Bonchev–Trinajstić information content (AvgIpc) is 2.78. The van der Waals surface area contributed by atoms with E-state index in [-0.39, 0.29) is 0 Å². The van der Waals surface area contributed by atoms with E-state index >= 15 is 0 Å². The molecule has 1 aromatic carbocycles. The SMILES string of the molecule is CC1C(CC23CC4CC(CC(C4)C2)C3)c2ccccc2N1C=O. The summed E-state index contributed by atoms with van der Waals surface area (Å²) in [4.78, 5) is 13.6. The van der Waals surface area contributed by atoms with E-state index in [4.69, 9.17) is 0 Å². The van der Waals surface area contributed by atoms with Crippen molar-refractivity contribution in [2.24, 2.45) is 23.2 Å². The number of carbonyl (C=O) groups is 1. The van der Waals surface area contributed by atoms with Gasteiger partial charge in [0.1, 0.15) is 0 Å². The molecule has 4 bridgehead atoms. The van der Waals surface area contributed by atoms with Crippen molar-refractivity contribution in [3.05, 3.63) is 29.8 Å². The van der Waals surface area contributed by atoms with Gasteiger partial charge >= 0.3 is 0 Å². The fourth-order valence-corrected chi connectivity index (χ4v) is 7.15. The standard InChI is InChI=1S/C21H27NO/c1-14-19(18-4-2-3-5-20(18)22(14)13-23)12-21-9-15-6-16(10-21)8-17(7-15)11-21/h2-5,13-17,19H,6-12H2,1H3. The summed E-state index contributed by atoms with van der Waals surface area (Å²) in [6.45, 7) is 2.25. The Morgan fingerprint density at radius 3 is 2.30 bits per heavy atom. The lowest BCUT2D eigenvalue weighted by atomic mass is 9.48. The minimum absolute atomic E-state index is 0.318. The quantitative estimate of drug-likeness (QED) is 0.738. The number of nitrogens with zero attached hydrogens (tertiary/aromatic N) is 1. The Hall–Kier alpha value is -1.31. The molecule has 1 heterocycles. The number of carbonyl (C=O) groups excluding carboxylic acids is 1. The predicted molar refractivity (Wildman–Crippen MR) is 92.4 cm³/mol. The van der Waals surface area contributed by atoms with Gasteiger partial charge in [-0.1, -0.05) is 18.2 Å². The summed E-state index contributed by atoms with van der Waals surface area (Å²) >= 11 is 0. The van der Waals surface area contributed by atoms with Crippen molar-refractivity contribution in [3.63, 3.8) is 0 Å². The van der Waals surface area contributed by atoms with Crippen molar-refractivity contribution >= 4 is 12.1 Å². The third-order valence-corrected chi connectivity index (χ3v) is 7.57. The Bertz CT molecular complexity index is 601. The van der Waals surface area contributed by atoms with E-state index in [1.165, 1.54) is 50.5 Å². The van der Waals surface area contributed by atoms with Crippen LogP contribution in [0.2, 0.25) is 0 Å². The number of benzene rings is 1. The molecule has 1 aliphatic heterocycles. The van der Waals surface area contributed by atoms with Gasteiger partial charge in [0.2, 0.25) is 6.41 Å². The van der Waals surface area contributed by atoms with Crippen LogP contribution in [-0.2, 0) is 4.79 Å². The summed E-state index contributed by atoms with van der Waals surface area (Å²) in [7, 11) is 0. The normalized spacial score (nSPS) is 43.7. The molecule has 2 atom stereocenters. The van der Waals surface area contributed by atoms with Gasteiger partial charge < -0.3 is 4.90 Å². The van der Waals surface area contributed by atoms with Crippen LogP contribution in [-0.4, -0.2) is 12.5 Å². The van der Waals surface area contributed by atoms with Crippen molar-refractivity contribution in [3.8, 4) is 0 Å². The van der Waals surface area contributed by atoms with E-state index in [2.05, 4.69) is 31.2 Å². The van der Waals surface area contributed by atoms with Crippen molar-refractivity contribution in [2.45, 2.75) is 63.8 Å². The van der Waals surface area contributed by atoms with Gasteiger partial charge in [-0.2, -0.15) is 0 Å². The maximum atomic E-state index is 11.6. The van der Waals surface area contributed by atoms with Gasteiger partial charge in [-0.25, -0.2) is 0 Å². The van der Waals surface area contributed by atoms with Gasteiger partial charge in [-0.05, 0) is 86.7 Å². The van der Waals surface area contributed by atoms with E-state index in [0.29, 0.717) is 17.4 Å². The molecular formula is C21H27NO. The zero-order chi connectivity index (χ0) is 15.6. The van der Waals surface area contributed by atoms with Crippen LogP contribution in [0.15, 0.2) is 24.3 Å². The maximum absolute atomic E-state index is 11.6. The highest BCUT2D eigenvalue weighted by atomic mass is 16.1. The highest BCUT2D eigenvalue weighted by Crippen LogP contribution is 2.63. The second-order valence-corrected chi connectivity index (χ2v) is 9.04. The van der Waals surface area contributed by atoms with Crippen LogP contribution in [0.4, 0.5) is 5.69 Å². The van der Waals surface area contributed by atoms with Crippen LogP contribution in [0, 0.1) is 23.2 Å². The van der Waals surface area contributed by atoms with Crippen molar-refractivity contribution < 1.29 is 4.79 Å². The molecule has 1 aromatic rings. The molecular weight excluding hydrogens is 282 g/mol. The van der Waals surface area contributed by atoms with Gasteiger partial charge in [-0.3, -0.25) is 4.79 Å². The molecule has 0 N–H and O–H groups in total. The van der Waals surface area contributed by atoms with Gasteiger partial charge in [-0.15, -0.1) is 0 Å². The molecule has 4 saturated carbocycles. The second kappa shape index (κ2) is 4.84. The Kier molecular flexibility index (Phi) is 2.96. The summed E-state index contributed by atoms with van der Waals surface area (Å²) in [6, 6.07) is 8.92. The maximum Gasteiger partial charge on any atom is 0.214 e. The first-order chi connectivity index (χ1) is 11.2. The Labute approximate surface area is 139 Å². The molecule has 2 heteroatoms. The molecule has 2 unspecified atom stereocenters. The highest BCUT2D eigenvalue weighted by molar-refractivity contribution is 5.81. The van der Waals surface area contributed by atoms with Gasteiger partial charge in [0.25, 0.3) is 0 Å². The number of amides is 1. The zero-order valence-corrected chi connectivity index (χ0v) is 14.1. The molecule has 2 nitrogen and oxygen atoms in total. The number of anilines is 1. The second-order valence-electron chi connectivity index (χ2n) is 9.04. The summed E-state index contributed by atoms with van der Waals surface area (Å²) in [5, 5.41) is 0. The van der Waals surface area contributed by atoms with E-state index in [1.807, 2.05) is 4.90 Å². The van der Waals surface area contributed by atoms with Crippen LogP contribution in [0.3, 0.4) is 0 Å². The van der Waals surface area contributed by atoms with E-state index in [1.54, 1.807) is 0 Å². The van der Waals surface area contributed by atoms with Gasteiger partial charge in [0, 0.05) is 17.6 Å². The largest absolute Gasteiger partial charge is 0.311 e. The predicted octanol–water partition coefficient (Wildman–Crippen LogP) is 4.74. The van der Waals surface area contributed by atoms with Crippen LogP contribution < -0.4 is 4.90 Å². The lowest BCUT2D eigenvalue weighted by Crippen LogP contribution is -2.47. The molecule has 5 aliphatic rings. The van der Waals surface area contributed by atoms with Crippen LogP contribution >= 0.6 is 0 Å². The lowest BCUT2D eigenvalue weighted by Gasteiger charge is -2.58. The lowest BCUT2D eigenvalue weighted by molar-refractivity contribution is -0.107. The van der Waals surface area contributed by atoms with Gasteiger partial charge in [0.05, 0.1) is 0 Å². The minimum atomic E-state index is 0.318. The van der Waals surface area contributed by atoms with Crippen molar-refractivity contribution in [1.82, 2.24) is 0 Å². The Morgan fingerprint density at radius 2 is 1.70 bits per heavy atom. The molecule has 122 valence electrons. The first-order valence-corrected chi connectivity index (χ1v) is 9.50. The molecule has 4 fully saturated rings. The van der Waals surface area contributed by atoms with Crippen molar-refractivity contribution in [2.75, 3.05) is 4.90 Å². The smallest absolute Gasteiger partial charge is 0.214 e. The Morgan fingerprint density at radius 1 is 1.09 bits per heavy atom. The third kappa shape index (κ3) is 2.03. The first-order valence-electron chi connectivity index (χ1n) is 9.50. The number of hydrogen-bond acceptors (Lipinski definition) is 1. The topological polar surface area (TPSA) is 20.3 Å². The van der Waals surface area contributed by atoms with E-state index in [0.717, 1.165) is 29.9 Å². The first kappa shape index (κ1) is 14.1. The van der Waals surface area contributed by atoms with Crippen molar-refractivity contribution in [1.29, 1.82) is 0 Å². The van der Waals surface area contributed by atoms with Crippen LogP contribution in [0.5, 0.6) is 0 Å². The minimum Gasteiger partial charge on any atom is -0.311 e. The average molecular weight is 309 g/mol. The number of para-hydroxylation sites is 1. The monoisotopic (exact) mass is 309 g/mol. The molecule has 1 amide bonds. The highest BCUT2D eigenvalue weighted by Gasteiger charge is 2.52. The molecule has 4 aliphatic carbocycles. The summed E-state index contributed by atoms with van der Waals surface area (Å²) < 4.78 is 0. The fraction of sp³-hybridized carbons (Fsp3) is 0.667. The molecule has 6 rings (SSSR count). The zero-order valence-electron chi connectivity index (χ0n) is 14.1. The molecule has 0 spiro atoms.